The lowest BCUT2D eigenvalue weighted by molar-refractivity contribution is 0.305. The van der Waals surface area contributed by atoms with Crippen molar-refractivity contribution in [3.05, 3.63) is 0 Å². The third-order valence-corrected chi connectivity index (χ3v) is 4.46. The average Bonchev–Trinajstić information content (AvgIpc) is 2.23. The Balaban J connectivity index is 4.83. The third kappa shape index (κ3) is 6.13. The van der Waals surface area contributed by atoms with Crippen molar-refractivity contribution in [2.24, 2.45) is 17.6 Å². The minimum Gasteiger partial charge on any atom is -0.330 e. The molecule has 18 heavy (non-hydrogen) atoms. The Bertz CT molecular complexity index is 305. The molecule has 0 aromatic rings. The zero-order chi connectivity index (χ0) is 14.3. The van der Waals surface area contributed by atoms with Gasteiger partial charge in [0.15, 0.2) is 0 Å². The number of rotatable bonds is 9. The molecule has 0 unspecified atom stereocenters. The summed E-state index contributed by atoms with van der Waals surface area (Å²) in [5, 5.41) is 0. The van der Waals surface area contributed by atoms with Gasteiger partial charge in [0.05, 0.1) is 0 Å². The summed E-state index contributed by atoms with van der Waals surface area (Å²) in [5.74, 6) is 0.642. The van der Waals surface area contributed by atoms with Crippen molar-refractivity contribution in [1.29, 1.82) is 0 Å². The van der Waals surface area contributed by atoms with Crippen molar-refractivity contribution in [3.8, 4) is 0 Å². The first kappa shape index (κ1) is 17.8. The number of hydrogen-bond acceptors (Lipinski definition) is 3. The van der Waals surface area contributed by atoms with E-state index in [0.29, 0.717) is 44.4 Å². The third-order valence-electron chi connectivity index (χ3n) is 2.53. The normalized spacial score (nSPS) is 13.2. The highest BCUT2D eigenvalue weighted by Gasteiger charge is 2.27. The Morgan fingerprint density at radius 3 is 1.83 bits per heavy atom. The van der Waals surface area contributed by atoms with Gasteiger partial charge in [0.25, 0.3) is 10.2 Å². The maximum absolute atomic E-state index is 12.4. The minimum absolute atomic E-state index is 0.321. The first-order valence-corrected chi connectivity index (χ1v) is 8.03. The molecule has 0 aliphatic carbocycles. The number of nitrogens with zero attached hydrogens (tertiary/aromatic N) is 2. The van der Waals surface area contributed by atoms with E-state index in [1.807, 2.05) is 27.7 Å². The van der Waals surface area contributed by atoms with E-state index >= 15 is 0 Å². The first-order chi connectivity index (χ1) is 8.21. The van der Waals surface area contributed by atoms with Crippen LogP contribution in [0.4, 0.5) is 0 Å². The molecule has 0 amide bonds. The second-order valence-corrected chi connectivity index (χ2v) is 7.61. The highest BCUT2D eigenvalue weighted by Crippen LogP contribution is 2.12. The summed E-state index contributed by atoms with van der Waals surface area (Å²) in [6.07, 6.45) is 0.687. The monoisotopic (exact) mass is 279 g/mol. The molecule has 6 heteroatoms. The van der Waals surface area contributed by atoms with Gasteiger partial charge in [0, 0.05) is 26.7 Å². The Hall–Kier alpha value is -0.170. The van der Waals surface area contributed by atoms with E-state index in [4.69, 9.17) is 5.73 Å². The fourth-order valence-electron chi connectivity index (χ4n) is 1.70. The summed E-state index contributed by atoms with van der Waals surface area (Å²) in [6, 6.07) is 0. The largest absolute Gasteiger partial charge is 0.330 e. The lowest BCUT2D eigenvalue weighted by atomic mass is 10.2. The molecule has 0 saturated carbocycles. The van der Waals surface area contributed by atoms with Gasteiger partial charge in [-0.1, -0.05) is 27.7 Å². The van der Waals surface area contributed by atoms with Crippen LogP contribution in [0.2, 0.25) is 0 Å². The molecular formula is C12H29N3O2S. The zero-order valence-corrected chi connectivity index (χ0v) is 13.2. The SMILES string of the molecule is CC(C)CN(CC(C)C)S(=O)(=O)N(C)CCCN. The molecule has 0 aromatic carbocycles. The maximum atomic E-state index is 12.4. The summed E-state index contributed by atoms with van der Waals surface area (Å²) < 4.78 is 27.8. The first-order valence-electron chi connectivity index (χ1n) is 6.63. The predicted octanol–water partition coefficient (Wildman–Crippen LogP) is 1.13. The van der Waals surface area contributed by atoms with Gasteiger partial charge in [-0.15, -0.1) is 0 Å². The summed E-state index contributed by atoms with van der Waals surface area (Å²) in [7, 11) is -1.73. The molecule has 0 spiro atoms. The van der Waals surface area contributed by atoms with Crippen LogP contribution in [-0.2, 0) is 10.2 Å². The van der Waals surface area contributed by atoms with Crippen molar-refractivity contribution in [3.63, 3.8) is 0 Å². The Morgan fingerprint density at radius 2 is 1.50 bits per heavy atom. The van der Waals surface area contributed by atoms with Gasteiger partial charge in [0.1, 0.15) is 0 Å². The lowest BCUT2D eigenvalue weighted by Gasteiger charge is -2.29. The van der Waals surface area contributed by atoms with E-state index in [2.05, 4.69) is 0 Å². The molecule has 0 atom stereocenters. The molecule has 0 aliphatic rings. The van der Waals surface area contributed by atoms with Crippen LogP contribution in [0.1, 0.15) is 34.1 Å². The molecular weight excluding hydrogens is 250 g/mol. The van der Waals surface area contributed by atoms with Crippen LogP contribution in [-0.4, -0.2) is 50.3 Å². The highest BCUT2D eigenvalue weighted by atomic mass is 32.2. The van der Waals surface area contributed by atoms with Crippen LogP contribution >= 0.6 is 0 Å². The van der Waals surface area contributed by atoms with Crippen LogP contribution in [0, 0.1) is 11.8 Å². The van der Waals surface area contributed by atoms with Gasteiger partial charge in [0.2, 0.25) is 0 Å². The van der Waals surface area contributed by atoms with Crippen molar-refractivity contribution >= 4 is 10.2 Å². The van der Waals surface area contributed by atoms with Crippen molar-refractivity contribution in [2.75, 3.05) is 33.2 Å². The van der Waals surface area contributed by atoms with Gasteiger partial charge in [-0.25, -0.2) is 0 Å². The Morgan fingerprint density at radius 1 is 1.06 bits per heavy atom. The second-order valence-electron chi connectivity index (χ2n) is 5.58. The molecule has 0 rings (SSSR count). The fraction of sp³-hybridized carbons (Fsp3) is 1.00. The quantitative estimate of drug-likeness (QED) is 0.688. The van der Waals surface area contributed by atoms with Gasteiger partial charge in [-0.3, -0.25) is 0 Å². The molecule has 2 N–H and O–H groups in total. The smallest absolute Gasteiger partial charge is 0.281 e. The van der Waals surface area contributed by atoms with E-state index in [0.717, 1.165) is 0 Å². The zero-order valence-electron chi connectivity index (χ0n) is 12.4. The van der Waals surface area contributed by atoms with Crippen LogP contribution in [0.5, 0.6) is 0 Å². The van der Waals surface area contributed by atoms with Crippen LogP contribution in [0.15, 0.2) is 0 Å². The number of hydrogen-bond donors (Lipinski definition) is 1. The molecule has 0 aromatic heterocycles. The van der Waals surface area contributed by atoms with E-state index in [1.54, 1.807) is 11.4 Å². The van der Waals surface area contributed by atoms with Gasteiger partial charge in [-0.05, 0) is 24.8 Å². The molecule has 5 nitrogen and oxygen atoms in total. The van der Waals surface area contributed by atoms with Gasteiger partial charge >= 0.3 is 0 Å². The van der Waals surface area contributed by atoms with Crippen molar-refractivity contribution < 1.29 is 8.42 Å². The Labute approximate surface area is 113 Å². The molecule has 0 saturated heterocycles. The van der Waals surface area contributed by atoms with Gasteiger partial charge in [-0.2, -0.15) is 17.0 Å². The van der Waals surface area contributed by atoms with Crippen molar-refractivity contribution in [2.45, 2.75) is 34.1 Å². The second kappa shape index (κ2) is 8.09. The summed E-state index contributed by atoms with van der Waals surface area (Å²) in [4.78, 5) is 0. The van der Waals surface area contributed by atoms with E-state index in [-0.39, 0.29) is 0 Å². The highest BCUT2D eigenvalue weighted by molar-refractivity contribution is 7.86. The molecule has 0 heterocycles. The van der Waals surface area contributed by atoms with E-state index in [1.165, 1.54) is 4.31 Å². The van der Waals surface area contributed by atoms with Gasteiger partial charge < -0.3 is 5.73 Å². The van der Waals surface area contributed by atoms with E-state index in [9.17, 15) is 8.42 Å². The molecule has 0 bridgehead atoms. The standard InChI is InChI=1S/C12H29N3O2S/c1-11(2)9-15(10-12(3)4)18(16,17)14(5)8-6-7-13/h11-12H,6-10,13H2,1-5H3. The summed E-state index contributed by atoms with van der Waals surface area (Å²) in [6.45, 7) is 10.2. The number of nitrogens with two attached hydrogens (primary N) is 1. The Kier molecular flexibility index (Phi) is 8.02. The summed E-state index contributed by atoms with van der Waals surface area (Å²) in [5.41, 5.74) is 5.42. The van der Waals surface area contributed by atoms with Crippen LogP contribution < -0.4 is 5.73 Å². The average molecular weight is 279 g/mol. The minimum atomic E-state index is -3.35. The lowest BCUT2D eigenvalue weighted by Crippen LogP contribution is -2.45. The van der Waals surface area contributed by atoms with Crippen LogP contribution in [0.3, 0.4) is 0 Å². The van der Waals surface area contributed by atoms with Crippen molar-refractivity contribution in [1.82, 2.24) is 8.61 Å². The molecule has 0 radical (unpaired) electrons. The van der Waals surface area contributed by atoms with E-state index < -0.39 is 10.2 Å². The molecule has 0 aliphatic heterocycles. The fourth-order valence-corrected chi connectivity index (χ4v) is 3.43. The molecule has 110 valence electrons. The summed E-state index contributed by atoms with van der Waals surface area (Å²) >= 11 is 0. The molecule has 0 fully saturated rings. The van der Waals surface area contributed by atoms with Crippen LogP contribution in [0.25, 0.3) is 0 Å². The predicted molar refractivity (Wildman–Crippen MR) is 76.5 cm³/mol. The topological polar surface area (TPSA) is 66.6 Å². The maximum Gasteiger partial charge on any atom is 0.281 e.